The molecule has 3 aromatic rings. The van der Waals surface area contributed by atoms with Crippen molar-refractivity contribution in [3.63, 3.8) is 0 Å². The van der Waals surface area contributed by atoms with Crippen molar-refractivity contribution < 1.29 is 9.53 Å². The van der Waals surface area contributed by atoms with Gasteiger partial charge in [0.25, 0.3) is 5.91 Å². The number of aryl methyl sites for hydroxylation is 1. The summed E-state index contributed by atoms with van der Waals surface area (Å²) in [4.78, 5) is 16.7. The number of anilines is 1. The second kappa shape index (κ2) is 7.80. The minimum atomic E-state index is -0.595. The third-order valence-electron chi connectivity index (χ3n) is 3.56. The summed E-state index contributed by atoms with van der Waals surface area (Å²) in [6, 6.07) is 15.0. The van der Waals surface area contributed by atoms with Crippen LogP contribution in [-0.2, 0) is 4.79 Å². The lowest BCUT2D eigenvalue weighted by Crippen LogP contribution is -2.30. The first-order valence-corrected chi connectivity index (χ1v) is 9.44. The zero-order valence-corrected chi connectivity index (χ0v) is 16.2. The number of hydrogen-bond donors (Lipinski definition) is 1. The number of thiazole rings is 1. The first-order valence-electron chi connectivity index (χ1n) is 7.77. The SMILES string of the molecule is Cc1nc(-c2ccc(NC(=O)C(C)Oc3ccc(Br)cc3)cc2)cs1. The van der Waals surface area contributed by atoms with Gasteiger partial charge in [-0.3, -0.25) is 4.79 Å². The summed E-state index contributed by atoms with van der Waals surface area (Å²) in [5.74, 6) is 0.459. The fraction of sp³-hybridized carbons (Fsp3) is 0.158. The highest BCUT2D eigenvalue weighted by Gasteiger charge is 2.15. The quantitative estimate of drug-likeness (QED) is 0.614. The van der Waals surface area contributed by atoms with Crippen molar-refractivity contribution in [3.05, 3.63) is 63.4 Å². The fourth-order valence-electron chi connectivity index (χ4n) is 2.24. The minimum absolute atomic E-state index is 0.194. The Kier molecular flexibility index (Phi) is 5.50. The van der Waals surface area contributed by atoms with Crippen LogP contribution in [0.2, 0.25) is 0 Å². The molecule has 0 aliphatic carbocycles. The van der Waals surface area contributed by atoms with Crippen molar-refractivity contribution in [3.8, 4) is 17.0 Å². The van der Waals surface area contributed by atoms with Gasteiger partial charge in [0.05, 0.1) is 10.7 Å². The van der Waals surface area contributed by atoms with Gasteiger partial charge in [-0.2, -0.15) is 0 Å². The number of benzene rings is 2. The maximum absolute atomic E-state index is 12.3. The van der Waals surface area contributed by atoms with Crippen LogP contribution in [0.1, 0.15) is 11.9 Å². The van der Waals surface area contributed by atoms with Crippen LogP contribution in [0.4, 0.5) is 5.69 Å². The molecule has 1 N–H and O–H groups in total. The molecule has 6 heteroatoms. The number of aromatic nitrogens is 1. The first kappa shape index (κ1) is 17.6. The predicted molar refractivity (Wildman–Crippen MR) is 105 cm³/mol. The average molecular weight is 417 g/mol. The molecule has 2 aromatic carbocycles. The lowest BCUT2D eigenvalue weighted by Gasteiger charge is -2.15. The molecule has 128 valence electrons. The molecule has 0 spiro atoms. The van der Waals surface area contributed by atoms with E-state index in [0.717, 1.165) is 26.4 Å². The zero-order chi connectivity index (χ0) is 17.8. The largest absolute Gasteiger partial charge is 0.481 e. The lowest BCUT2D eigenvalue weighted by atomic mass is 10.1. The van der Waals surface area contributed by atoms with Gasteiger partial charge in [0.15, 0.2) is 6.10 Å². The van der Waals surface area contributed by atoms with E-state index in [1.54, 1.807) is 18.3 Å². The van der Waals surface area contributed by atoms with Crippen LogP contribution < -0.4 is 10.1 Å². The summed E-state index contributed by atoms with van der Waals surface area (Å²) in [6.07, 6.45) is -0.595. The molecule has 0 radical (unpaired) electrons. The van der Waals surface area contributed by atoms with Gasteiger partial charge in [0.1, 0.15) is 5.75 Å². The molecule has 1 amide bonds. The van der Waals surface area contributed by atoms with E-state index in [2.05, 4.69) is 26.2 Å². The number of amides is 1. The molecular formula is C19H17BrN2O2S. The van der Waals surface area contributed by atoms with Crippen LogP contribution in [0, 0.1) is 6.92 Å². The van der Waals surface area contributed by atoms with Gasteiger partial charge < -0.3 is 10.1 Å². The van der Waals surface area contributed by atoms with Gasteiger partial charge in [-0.1, -0.05) is 28.1 Å². The van der Waals surface area contributed by atoms with Crippen molar-refractivity contribution in [2.75, 3.05) is 5.32 Å². The van der Waals surface area contributed by atoms with Crippen molar-refractivity contribution in [2.45, 2.75) is 20.0 Å². The molecule has 0 aliphatic rings. The van der Waals surface area contributed by atoms with Crippen LogP contribution in [0.15, 0.2) is 58.4 Å². The summed E-state index contributed by atoms with van der Waals surface area (Å²) in [5, 5.41) is 5.92. The third kappa shape index (κ3) is 4.67. The fourth-order valence-corrected chi connectivity index (χ4v) is 3.12. The Labute approximate surface area is 159 Å². The molecule has 1 heterocycles. The van der Waals surface area contributed by atoms with Crippen LogP contribution >= 0.6 is 27.3 Å². The third-order valence-corrected chi connectivity index (χ3v) is 4.87. The number of ether oxygens (including phenoxy) is 1. The van der Waals surface area contributed by atoms with E-state index in [4.69, 9.17) is 4.74 Å². The maximum Gasteiger partial charge on any atom is 0.265 e. The van der Waals surface area contributed by atoms with E-state index >= 15 is 0 Å². The Hall–Kier alpha value is -2.18. The molecule has 0 bridgehead atoms. The van der Waals surface area contributed by atoms with E-state index in [1.807, 2.05) is 60.8 Å². The molecule has 0 saturated heterocycles. The number of rotatable bonds is 5. The standard InChI is InChI=1S/C19H17BrN2O2S/c1-12(24-17-9-5-15(20)6-10-17)19(23)22-16-7-3-14(4-8-16)18-11-25-13(2)21-18/h3-12H,1-2H3,(H,22,23). The summed E-state index contributed by atoms with van der Waals surface area (Å²) >= 11 is 4.99. The highest BCUT2D eigenvalue weighted by molar-refractivity contribution is 9.10. The summed E-state index contributed by atoms with van der Waals surface area (Å²) in [5.41, 5.74) is 2.71. The van der Waals surface area contributed by atoms with Crippen molar-refractivity contribution in [1.29, 1.82) is 0 Å². The smallest absolute Gasteiger partial charge is 0.265 e. The molecule has 4 nitrogen and oxygen atoms in total. The molecule has 0 saturated carbocycles. The Morgan fingerprint density at radius 2 is 1.84 bits per heavy atom. The van der Waals surface area contributed by atoms with Crippen molar-refractivity contribution in [1.82, 2.24) is 4.98 Å². The Balaban J connectivity index is 1.61. The first-order chi connectivity index (χ1) is 12.0. The number of halogens is 1. The topological polar surface area (TPSA) is 51.2 Å². The van der Waals surface area contributed by atoms with E-state index in [0.29, 0.717) is 5.75 Å². The molecule has 25 heavy (non-hydrogen) atoms. The molecule has 0 fully saturated rings. The molecule has 1 unspecified atom stereocenters. The van der Waals surface area contributed by atoms with Crippen LogP contribution in [0.3, 0.4) is 0 Å². The highest BCUT2D eigenvalue weighted by atomic mass is 79.9. The number of nitrogens with one attached hydrogen (secondary N) is 1. The monoisotopic (exact) mass is 416 g/mol. The van der Waals surface area contributed by atoms with Gasteiger partial charge in [-0.05, 0) is 50.2 Å². The molecular weight excluding hydrogens is 400 g/mol. The number of carbonyl (C=O) groups is 1. The van der Waals surface area contributed by atoms with Crippen LogP contribution in [0.25, 0.3) is 11.3 Å². The van der Waals surface area contributed by atoms with Crippen molar-refractivity contribution in [2.24, 2.45) is 0 Å². The maximum atomic E-state index is 12.3. The van der Waals surface area contributed by atoms with E-state index in [1.165, 1.54) is 0 Å². The van der Waals surface area contributed by atoms with Crippen LogP contribution in [-0.4, -0.2) is 17.0 Å². The van der Waals surface area contributed by atoms with Gasteiger partial charge in [0, 0.05) is 21.1 Å². The Morgan fingerprint density at radius 3 is 2.44 bits per heavy atom. The van der Waals surface area contributed by atoms with E-state index in [-0.39, 0.29) is 5.91 Å². The molecule has 0 aliphatic heterocycles. The summed E-state index contributed by atoms with van der Waals surface area (Å²) in [6.45, 7) is 3.71. The van der Waals surface area contributed by atoms with Crippen molar-refractivity contribution >= 4 is 38.9 Å². The number of hydrogen-bond acceptors (Lipinski definition) is 4. The van der Waals surface area contributed by atoms with Gasteiger partial charge in [-0.25, -0.2) is 4.98 Å². The Bertz CT molecular complexity index is 860. The van der Waals surface area contributed by atoms with Crippen LogP contribution in [0.5, 0.6) is 5.75 Å². The average Bonchev–Trinajstić information content (AvgIpc) is 3.04. The van der Waals surface area contributed by atoms with Gasteiger partial charge >= 0.3 is 0 Å². The second-order valence-corrected chi connectivity index (χ2v) is 7.51. The molecule has 1 atom stereocenters. The highest BCUT2D eigenvalue weighted by Crippen LogP contribution is 2.23. The van der Waals surface area contributed by atoms with Gasteiger partial charge in [0.2, 0.25) is 0 Å². The number of carbonyl (C=O) groups excluding carboxylic acids is 1. The summed E-state index contributed by atoms with van der Waals surface area (Å²) < 4.78 is 6.62. The second-order valence-electron chi connectivity index (χ2n) is 5.53. The summed E-state index contributed by atoms with van der Waals surface area (Å²) in [7, 11) is 0. The zero-order valence-electron chi connectivity index (χ0n) is 13.8. The van der Waals surface area contributed by atoms with E-state index < -0.39 is 6.10 Å². The predicted octanol–water partition coefficient (Wildman–Crippen LogP) is 5.29. The minimum Gasteiger partial charge on any atom is -0.481 e. The molecule has 3 rings (SSSR count). The Morgan fingerprint density at radius 1 is 1.16 bits per heavy atom. The lowest BCUT2D eigenvalue weighted by molar-refractivity contribution is -0.122. The van der Waals surface area contributed by atoms with Gasteiger partial charge in [-0.15, -0.1) is 11.3 Å². The normalized spacial score (nSPS) is 11.8. The number of nitrogens with zero attached hydrogens (tertiary/aromatic N) is 1. The van der Waals surface area contributed by atoms with E-state index in [9.17, 15) is 4.79 Å². The molecule has 1 aromatic heterocycles.